The van der Waals surface area contributed by atoms with Crippen molar-refractivity contribution in [3.63, 3.8) is 0 Å². The number of aromatic nitrogens is 3. The molecule has 0 saturated carbocycles. The van der Waals surface area contributed by atoms with Gasteiger partial charge in [0, 0.05) is 42.5 Å². The standard InChI is InChI=1S/C18H15N5O/c1-22-18-15(11-20-22)14(9-17(24)21-18)16-3-2-8-23(16)13-6-4-12(10-19)5-7-13/h2-8,11,14H,9H2,1H3,(H,21,24). The van der Waals surface area contributed by atoms with Crippen molar-refractivity contribution >= 4 is 11.7 Å². The third kappa shape index (κ3) is 2.18. The highest BCUT2D eigenvalue weighted by atomic mass is 16.1. The molecule has 0 aliphatic carbocycles. The number of anilines is 1. The molecule has 6 nitrogen and oxygen atoms in total. The van der Waals surface area contributed by atoms with Gasteiger partial charge in [0.1, 0.15) is 5.82 Å². The second kappa shape index (κ2) is 5.39. The number of hydrogen-bond acceptors (Lipinski definition) is 3. The van der Waals surface area contributed by atoms with Crippen molar-refractivity contribution in [3.05, 3.63) is 65.6 Å². The molecule has 3 heterocycles. The number of carbonyl (C=O) groups excluding carboxylic acids is 1. The summed E-state index contributed by atoms with van der Waals surface area (Å²) in [7, 11) is 1.82. The largest absolute Gasteiger partial charge is 0.320 e. The zero-order chi connectivity index (χ0) is 16.7. The van der Waals surface area contributed by atoms with E-state index in [9.17, 15) is 4.79 Å². The number of carbonyl (C=O) groups is 1. The fraction of sp³-hybridized carbons (Fsp3) is 0.167. The molecule has 1 amide bonds. The van der Waals surface area contributed by atoms with Crippen LogP contribution in [0.3, 0.4) is 0 Å². The van der Waals surface area contributed by atoms with Crippen LogP contribution in [0.25, 0.3) is 5.69 Å². The summed E-state index contributed by atoms with van der Waals surface area (Å²) in [5.74, 6) is 0.695. The molecule has 2 aromatic heterocycles. The van der Waals surface area contributed by atoms with Gasteiger partial charge in [0.2, 0.25) is 5.91 Å². The Morgan fingerprint density at radius 2 is 2.08 bits per heavy atom. The van der Waals surface area contributed by atoms with E-state index in [1.54, 1.807) is 16.8 Å². The number of benzene rings is 1. The molecule has 1 N–H and O–H groups in total. The van der Waals surface area contributed by atoms with E-state index in [-0.39, 0.29) is 11.8 Å². The van der Waals surface area contributed by atoms with E-state index in [4.69, 9.17) is 5.26 Å². The van der Waals surface area contributed by atoms with Gasteiger partial charge in [0.05, 0.1) is 17.8 Å². The zero-order valence-electron chi connectivity index (χ0n) is 13.1. The van der Waals surface area contributed by atoms with Crippen LogP contribution in [0.5, 0.6) is 0 Å². The maximum absolute atomic E-state index is 12.1. The minimum Gasteiger partial charge on any atom is -0.320 e. The summed E-state index contributed by atoms with van der Waals surface area (Å²) < 4.78 is 3.75. The lowest BCUT2D eigenvalue weighted by Crippen LogP contribution is -2.25. The van der Waals surface area contributed by atoms with Gasteiger partial charge < -0.3 is 9.88 Å². The van der Waals surface area contributed by atoms with E-state index < -0.39 is 0 Å². The molecule has 1 atom stereocenters. The van der Waals surface area contributed by atoms with E-state index in [2.05, 4.69) is 21.1 Å². The van der Waals surface area contributed by atoms with Crippen LogP contribution in [0.2, 0.25) is 0 Å². The number of nitrogens with one attached hydrogen (secondary N) is 1. The Labute approximate surface area is 138 Å². The molecular weight excluding hydrogens is 302 g/mol. The molecule has 1 aromatic carbocycles. The molecule has 1 aliphatic rings. The van der Waals surface area contributed by atoms with Crippen molar-refractivity contribution in [2.75, 3.05) is 5.32 Å². The fourth-order valence-electron chi connectivity index (χ4n) is 3.21. The average Bonchev–Trinajstić information content (AvgIpc) is 3.22. The molecule has 0 bridgehead atoms. The normalized spacial score (nSPS) is 16.3. The van der Waals surface area contributed by atoms with Gasteiger partial charge in [-0.1, -0.05) is 0 Å². The minimum absolute atomic E-state index is 0.0105. The molecule has 118 valence electrons. The third-order valence-electron chi connectivity index (χ3n) is 4.40. The first kappa shape index (κ1) is 14.3. The van der Waals surface area contributed by atoms with Crippen LogP contribution in [0.1, 0.15) is 29.2 Å². The lowest BCUT2D eigenvalue weighted by molar-refractivity contribution is -0.116. The molecule has 1 unspecified atom stereocenters. The van der Waals surface area contributed by atoms with Crippen LogP contribution in [-0.4, -0.2) is 20.3 Å². The van der Waals surface area contributed by atoms with Crippen LogP contribution in [-0.2, 0) is 11.8 Å². The van der Waals surface area contributed by atoms with Gasteiger partial charge in [-0.25, -0.2) is 0 Å². The molecule has 0 fully saturated rings. The van der Waals surface area contributed by atoms with Gasteiger partial charge in [-0.05, 0) is 36.4 Å². The van der Waals surface area contributed by atoms with Crippen molar-refractivity contribution in [1.82, 2.24) is 14.3 Å². The zero-order valence-corrected chi connectivity index (χ0v) is 13.1. The highest BCUT2D eigenvalue weighted by Crippen LogP contribution is 2.37. The summed E-state index contributed by atoms with van der Waals surface area (Å²) in [5.41, 5.74) is 3.64. The first-order valence-electron chi connectivity index (χ1n) is 7.67. The Hall–Kier alpha value is -3.33. The Balaban J connectivity index is 1.80. The lowest BCUT2D eigenvalue weighted by Gasteiger charge is -2.24. The van der Waals surface area contributed by atoms with Crippen molar-refractivity contribution in [1.29, 1.82) is 5.26 Å². The third-order valence-corrected chi connectivity index (χ3v) is 4.40. The molecule has 4 rings (SSSR count). The molecule has 6 heteroatoms. The first-order valence-corrected chi connectivity index (χ1v) is 7.67. The van der Waals surface area contributed by atoms with Gasteiger partial charge in [-0.15, -0.1) is 0 Å². The predicted molar refractivity (Wildman–Crippen MR) is 88.8 cm³/mol. The summed E-state index contributed by atoms with van der Waals surface area (Å²) in [4.78, 5) is 12.1. The average molecular weight is 317 g/mol. The second-order valence-corrected chi connectivity index (χ2v) is 5.84. The van der Waals surface area contributed by atoms with Gasteiger partial charge in [-0.2, -0.15) is 10.4 Å². The maximum Gasteiger partial charge on any atom is 0.226 e. The van der Waals surface area contributed by atoms with E-state index >= 15 is 0 Å². The van der Waals surface area contributed by atoms with Crippen LogP contribution < -0.4 is 5.32 Å². The number of aryl methyl sites for hydroxylation is 1. The lowest BCUT2D eigenvalue weighted by atomic mass is 9.91. The van der Waals surface area contributed by atoms with E-state index in [1.165, 1.54) is 0 Å². The van der Waals surface area contributed by atoms with Crippen LogP contribution in [0.15, 0.2) is 48.8 Å². The minimum atomic E-state index is -0.0481. The molecule has 3 aromatic rings. The summed E-state index contributed by atoms with van der Waals surface area (Å²) in [5, 5.41) is 16.1. The highest BCUT2D eigenvalue weighted by Gasteiger charge is 2.31. The quantitative estimate of drug-likeness (QED) is 0.789. The summed E-state index contributed by atoms with van der Waals surface area (Å²) >= 11 is 0. The van der Waals surface area contributed by atoms with Crippen molar-refractivity contribution in [3.8, 4) is 11.8 Å². The van der Waals surface area contributed by atoms with Crippen molar-refractivity contribution in [2.24, 2.45) is 7.05 Å². The first-order chi connectivity index (χ1) is 11.7. The number of amides is 1. The van der Waals surface area contributed by atoms with E-state index in [1.807, 2.05) is 43.7 Å². The molecule has 24 heavy (non-hydrogen) atoms. The van der Waals surface area contributed by atoms with Gasteiger partial charge in [0.15, 0.2) is 0 Å². The fourth-order valence-corrected chi connectivity index (χ4v) is 3.21. The SMILES string of the molecule is Cn1ncc2c1NC(=O)CC2c1cccn1-c1ccc(C#N)cc1. The summed E-state index contributed by atoms with van der Waals surface area (Å²) in [6, 6.07) is 13.5. The van der Waals surface area contributed by atoms with Crippen LogP contribution >= 0.6 is 0 Å². The number of nitrogens with zero attached hydrogens (tertiary/aromatic N) is 4. The Morgan fingerprint density at radius 1 is 1.29 bits per heavy atom. The second-order valence-electron chi connectivity index (χ2n) is 5.84. The Kier molecular flexibility index (Phi) is 3.21. The summed E-state index contributed by atoms with van der Waals surface area (Å²) in [6.07, 6.45) is 4.17. The number of rotatable bonds is 2. The summed E-state index contributed by atoms with van der Waals surface area (Å²) in [6.45, 7) is 0. The monoisotopic (exact) mass is 317 g/mol. The van der Waals surface area contributed by atoms with Gasteiger partial charge in [-0.3, -0.25) is 9.48 Å². The molecule has 0 radical (unpaired) electrons. The number of fused-ring (bicyclic) bond motifs is 1. The molecule has 1 aliphatic heterocycles. The predicted octanol–water partition coefficient (Wildman–Crippen LogP) is 2.56. The Morgan fingerprint density at radius 3 is 2.83 bits per heavy atom. The number of nitriles is 1. The van der Waals surface area contributed by atoms with Gasteiger partial charge >= 0.3 is 0 Å². The van der Waals surface area contributed by atoms with Crippen LogP contribution in [0.4, 0.5) is 5.82 Å². The van der Waals surface area contributed by atoms with Crippen molar-refractivity contribution < 1.29 is 4.79 Å². The van der Waals surface area contributed by atoms with E-state index in [0.29, 0.717) is 12.0 Å². The smallest absolute Gasteiger partial charge is 0.226 e. The van der Waals surface area contributed by atoms with Crippen molar-refractivity contribution in [2.45, 2.75) is 12.3 Å². The van der Waals surface area contributed by atoms with Gasteiger partial charge in [0.25, 0.3) is 0 Å². The maximum atomic E-state index is 12.1. The highest BCUT2D eigenvalue weighted by molar-refractivity contribution is 5.94. The molecule has 0 saturated heterocycles. The number of hydrogen-bond donors (Lipinski definition) is 1. The molecular formula is C18H15N5O. The van der Waals surface area contributed by atoms with Crippen LogP contribution in [0, 0.1) is 11.3 Å². The topological polar surface area (TPSA) is 75.6 Å². The molecule has 0 spiro atoms. The Bertz CT molecular complexity index is 958. The van der Waals surface area contributed by atoms with E-state index in [0.717, 1.165) is 22.8 Å².